The predicted molar refractivity (Wildman–Crippen MR) is 92.2 cm³/mol. The highest BCUT2D eigenvalue weighted by molar-refractivity contribution is 6.10. The lowest BCUT2D eigenvalue weighted by atomic mass is 10.1. The van der Waals surface area contributed by atoms with E-state index in [9.17, 15) is 14.4 Å². The summed E-state index contributed by atoms with van der Waals surface area (Å²) in [5, 5.41) is 5.74. The second-order valence-electron chi connectivity index (χ2n) is 6.28. The molecule has 0 spiro atoms. The van der Waals surface area contributed by atoms with Crippen molar-refractivity contribution in [3.63, 3.8) is 0 Å². The summed E-state index contributed by atoms with van der Waals surface area (Å²) in [6, 6.07) is 15.1. The number of fused-ring (bicyclic) bond motifs is 2. The van der Waals surface area contributed by atoms with Gasteiger partial charge in [-0.1, -0.05) is 30.3 Å². The van der Waals surface area contributed by atoms with Gasteiger partial charge in [0.05, 0.1) is 11.3 Å². The van der Waals surface area contributed by atoms with Crippen LogP contribution in [0.25, 0.3) is 0 Å². The van der Waals surface area contributed by atoms with Crippen molar-refractivity contribution in [1.82, 2.24) is 10.2 Å². The fourth-order valence-electron chi connectivity index (χ4n) is 3.42. The Balaban J connectivity index is 1.54. The monoisotopic (exact) mass is 335 g/mol. The lowest BCUT2D eigenvalue weighted by Crippen LogP contribution is -2.41. The maximum Gasteiger partial charge on any atom is 0.256 e. The van der Waals surface area contributed by atoms with Crippen LogP contribution >= 0.6 is 0 Å². The van der Waals surface area contributed by atoms with Crippen molar-refractivity contribution in [2.24, 2.45) is 0 Å². The zero-order valence-corrected chi connectivity index (χ0v) is 13.4. The van der Waals surface area contributed by atoms with E-state index in [4.69, 9.17) is 0 Å². The summed E-state index contributed by atoms with van der Waals surface area (Å²) in [6.07, 6.45) is 0.407. The summed E-state index contributed by atoms with van der Waals surface area (Å²) in [5.41, 5.74) is 1.58. The van der Waals surface area contributed by atoms with Crippen LogP contribution in [0.3, 0.4) is 0 Å². The van der Waals surface area contributed by atoms with E-state index in [1.807, 2.05) is 6.07 Å². The Bertz CT molecular complexity index is 850. The number of rotatable bonds is 2. The molecular formula is C19H17N3O3. The quantitative estimate of drug-likeness (QED) is 0.876. The average Bonchev–Trinajstić information content (AvgIpc) is 3.02. The van der Waals surface area contributed by atoms with Gasteiger partial charge in [0.2, 0.25) is 5.91 Å². The Kier molecular flexibility index (Phi) is 3.72. The molecule has 2 aliphatic heterocycles. The Hall–Kier alpha value is -3.15. The maximum atomic E-state index is 12.8. The first-order valence-corrected chi connectivity index (χ1v) is 8.20. The van der Waals surface area contributed by atoms with Crippen LogP contribution in [0.2, 0.25) is 0 Å². The number of hydrogen-bond acceptors (Lipinski definition) is 3. The lowest BCUT2D eigenvalue weighted by Gasteiger charge is -2.20. The Morgan fingerprint density at radius 2 is 1.76 bits per heavy atom. The third kappa shape index (κ3) is 2.76. The third-order valence-corrected chi connectivity index (χ3v) is 4.65. The topological polar surface area (TPSA) is 78.5 Å². The summed E-state index contributed by atoms with van der Waals surface area (Å²) >= 11 is 0. The molecule has 2 aliphatic rings. The van der Waals surface area contributed by atoms with E-state index in [-0.39, 0.29) is 23.8 Å². The predicted octanol–water partition coefficient (Wildman–Crippen LogP) is 1.65. The fourth-order valence-corrected chi connectivity index (χ4v) is 3.42. The minimum absolute atomic E-state index is 0.185. The molecule has 2 heterocycles. The fraction of sp³-hybridized carbons (Fsp3) is 0.211. The molecule has 1 saturated heterocycles. The van der Waals surface area contributed by atoms with Gasteiger partial charge in [-0.3, -0.25) is 14.4 Å². The van der Waals surface area contributed by atoms with Crippen molar-refractivity contribution in [1.29, 1.82) is 0 Å². The molecule has 126 valence electrons. The van der Waals surface area contributed by atoms with E-state index in [0.29, 0.717) is 29.8 Å². The minimum atomic E-state index is -0.569. The zero-order chi connectivity index (χ0) is 17.4. The van der Waals surface area contributed by atoms with Crippen molar-refractivity contribution >= 4 is 23.4 Å². The highest BCUT2D eigenvalue weighted by atomic mass is 16.2. The van der Waals surface area contributed by atoms with Crippen LogP contribution in [-0.2, 0) is 4.79 Å². The number of nitrogens with zero attached hydrogens (tertiary/aromatic N) is 1. The lowest BCUT2D eigenvalue weighted by molar-refractivity contribution is -0.119. The summed E-state index contributed by atoms with van der Waals surface area (Å²) in [5.74, 6) is -0.596. The molecule has 2 atom stereocenters. The number of para-hydroxylation sites is 1. The number of nitrogens with one attached hydrogen (secondary N) is 2. The maximum absolute atomic E-state index is 12.8. The largest absolute Gasteiger partial charge is 0.347 e. The van der Waals surface area contributed by atoms with Gasteiger partial charge in [-0.2, -0.15) is 0 Å². The van der Waals surface area contributed by atoms with Gasteiger partial charge in [0.25, 0.3) is 11.8 Å². The number of carbonyl (C=O) groups excluding carboxylic acids is 3. The molecule has 25 heavy (non-hydrogen) atoms. The Morgan fingerprint density at radius 1 is 1.04 bits per heavy atom. The first kappa shape index (κ1) is 15.4. The first-order valence-electron chi connectivity index (χ1n) is 8.20. The first-order chi connectivity index (χ1) is 12.1. The van der Waals surface area contributed by atoms with Crippen LogP contribution in [0.4, 0.5) is 5.69 Å². The zero-order valence-electron chi connectivity index (χ0n) is 13.4. The van der Waals surface area contributed by atoms with Crippen LogP contribution < -0.4 is 10.6 Å². The van der Waals surface area contributed by atoms with E-state index in [2.05, 4.69) is 10.6 Å². The number of amides is 3. The smallest absolute Gasteiger partial charge is 0.256 e. The molecule has 0 bridgehead atoms. The van der Waals surface area contributed by atoms with E-state index in [0.717, 1.165) is 0 Å². The van der Waals surface area contributed by atoms with Gasteiger partial charge in [0.1, 0.15) is 6.04 Å². The normalized spacial score (nSPS) is 21.8. The van der Waals surface area contributed by atoms with Gasteiger partial charge in [0.15, 0.2) is 0 Å². The van der Waals surface area contributed by atoms with Crippen LogP contribution in [0.5, 0.6) is 0 Å². The Labute approximate surface area is 144 Å². The van der Waals surface area contributed by atoms with Gasteiger partial charge in [-0.05, 0) is 30.7 Å². The van der Waals surface area contributed by atoms with E-state index in [1.54, 1.807) is 53.4 Å². The van der Waals surface area contributed by atoms with Crippen LogP contribution in [0.1, 0.15) is 27.1 Å². The van der Waals surface area contributed by atoms with Crippen LogP contribution in [-0.4, -0.2) is 41.2 Å². The minimum Gasteiger partial charge on any atom is -0.347 e. The third-order valence-electron chi connectivity index (χ3n) is 4.65. The van der Waals surface area contributed by atoms with E-state index >= 15 is 0 Å². The number of carbonyl (C=O) groups is 3. The molecule has 6 nitrogen and oxygen atoms in total. The van der Waals surface area contributed by atoms with Gasteiger partial charge < -0.3 is 15.5 Å². The van der Waals surface area contributed by atoms with Crippen molar-refractivity contribution in [3.8, 4) is 0 Å². The SMILES string of the molecule is O=C(N[C@@H]1C[C@@H]2C(=O)Nc3ccccc3C(=O)N2C1)c1ccccc1. The molecule has 2 aromatic rings. The molecule has 6 heteroatoms. The summed E-state index contributed by atoms with van der Waals surface area (Å²) in [6.45, 7) is 0.323. The second kappa shape index (κ2) is 6.05. The van der Waals surface area contributed by atoms with Gasteiger partial charge in [-0.15, -0.1) is 0 Å². The standard InChI is InChI=1S/C19H17N3O3/c23-17(12-6-2-1-3-7-12)20-13-10-16-18(24)21-15-9-5-4-8-14(15)19(25)22(16)11-13/h1-9,13,16H,10-11H2,(H,20,23)(H,21,24)/t13-,16-/m1/s1. The highest BCUT2D eigenvalue weighted by Crippen LogP contribution is 2.28. The summed E-state index contributed by atoms with van der Waals surface area (Å²) < 4.78 is 0. The van der Waals surface area contributed by atoms with Crippen molar-refractivity contribution in [2.75, 3.05) is 11.9 Å². The molecular weight excluding hydrogens is 318 g/mol. The molecule has 1 fully saturated rings. The van der Waals surface area contributed by atoms with E-state index < -0.39 is 6.04 Å². The molecule has 0 aliphatic carbocycles. The molecule has 2 N–H and O–H groups in total. The number of hydrogen-bond donors (Lipinski definition) is 2. The second-order valence-corrected chi connectivity index (χ2v) is 6.28. The van der Waals surface area contributed by atoms with Gasteiger partial charge >= 0.3 is 0 Å². The molecule has 2 aromatic carbocycles. The molecule has 0 unspecified atom stereocenters. The molecule has 4 rings (SSSR count). The Morgan fingerprint density at radius 3 is 2.56 bits per heavy atom. The highest BCUT2D eigenvalue weighted by Gasteiger charge is 2.43. The molecule has 0 saturated carbocycles. The average molecular weight is 335 g/mol. The summed E-state index contributed by atoms with van der Waals surface area (Å²) in [7, 11) is 0. The summed E-state index contributed by atoms with van der Waals surface area (Å²) in [4.78, 5) is 39.1. The molecule has 0 aromatic heterocycles. The van der Waals surface area contributed by atoms with Crippen molar-refractivity contribution in [2.45, 2.75) is 18.5 Å². The van der Waals surface area contributed by atoms with Crippen molar-refractivity contribution in [3.05, 3.63) is 65.7 Å². The van der Waals surface area contributed by atoms with Crippen LogP contribution in [0.15, 0.2) is 54.6 Å². The molecule has 3 amide bonds. The number of anilines is 1. The van der Waals surface area contributed by atoms with E-state index in [1.165, 1.54) is 0 Å². The van der Waals surface area contributed by atoms with Gasteiger partial charge in [0, 0.05) is 18.2 Å². The van der Waals surface area contributed by atoms with Crippen molar-refractivity contribution < 1.29 is 14.4 Å². The molecule has 0 radical (unpaired) electrons. The van der Waals surface area contributed by atoms with Crippen LogP contribution in [0, 0.1) is 0 Å². The van der Waals surface area contributed by atoms with Gasteiger partial charge in [-0.25, -0.2) is 0 Å². The number of benzene rings is 2.